The number of nitrogens with zero attached hydrogens (tertiary/aromatic N) is 1. The lowest BCUT2D eigenvalue weighted by atomic mass is 10.1. The molecule has 36 heavy (non-hydrogen) atoms. The highest BCUT2D eigenvalue weighted by Gasteiger charge is 2.28. The van der Waals surface area contributed by atoms with Crippen molar-refractivity contribution in [2.24, 2.45) is 0 Å². The molecule has 3 aromatic carbocycles. The van der Waals surface area contributed by atoms with Crippen molar-refractivity contribution in [1.82, 2.24) is 0 Å². The highest BCUT2D eigenvalue weighted by molar-refractivity contribution is 7.95. The van der Waals surface area contributed by atoms with E-state index >= 15 is 0 Å². The van der Waals surface area contributed by atoms with Crippen LogP contribution in [0.3, 0.4) is 0 Å². The van der Waals surface area contributed by atoms with Crippen molar-refractivity contribution < 1.29 is 32.3 Å². The van der Waals surface area contributed by atoms with Gasteiger partial charge in [-0.05, 0) is 35.9 Å². The van der Waals surface area contributed by atoms with Crippen LogP contribution in [0, 0.1) is 10.1 Å². The Bertz CT molecular complexity index is 1390. The van der Waals surface area contributed by atoms with E-state index in [1.165, 1.54) is 51.7 Å². The van der Waals surface area contributed by atoms with Gasteiger partial charge in [-0.1, -0.05) is 23.7 Å². The lowest BCUT2D eigenvalue weighted by Gasteiger charge is -2.15. The van der Waals surface area contributed by atoms with Crippen LogP contribution in [0.5, 0.6) is 17.2 Å². The van der Waals surface area contributed by atoms with Gasteiger partial charge in [-0.2, -0.15) is 0 Å². The molecule has 0 N–H and O–H groups in total. The van der Waals surface area contributed by atoms with Crippen LogP contribution in [-0.4, -0.2) is 40.5 Å². The van der Waals surface area contributed by atoms with E-state index in [0.29, 0.717) is 16.3 Å². The zero-order valence-corrected chi connectivity index (χ0v) is 21.1. The summed E-state index contributed by atoms with van der Waals surface area (Å²) in [5.41, 5.74) is 0.332. The summed E-state index contributed by atoms with van der Waals surface area (Å²) >= 11 is 5.91. The number of carbonyl (C=O) groups excluding carboxylic acids is 1. The molecule has 0 bridgehead atoms. The summed E-state index contributed by atoms with van der Waals surface area (Å²) in [5, 5.41) is 11.4. The van der Waals surface area contributed by atoms with Crippen LogP contribution in [0.2, 0.25) is 5.02 Å². The summed E-state index contributed by atoms with van der Waals surface area (Å²) in [6.07, 6.45) is 1.17. The fourth-order valence-electron chi connectivity index (χ4n) is 3.36. The first-order valence-corrected chi connectivity index (χ1v) is 12.4. The van der Waals surface area contributed by atoms with E-state index in [9.17, 15) is 23.3 Å². The predicted molar refractivity (Wildman–Crippen MR) is 136 cm³/mol. The van der Waals surface area contributed by atoms with Gasteiger partial charge in [0.15, 0.2) is 9.84 Å². The number of benzene rings is 3. The Balaban J connectivity index is 2.21. The zero-order chi connectivity index (χ0) is 26.5. The molecule has 0 heterocycles. The van der Waals surface area contributed by atoms with Crippen molar-refractivity contribution in [3.8, 4) is 17.2 Å². The Hall–Kier alpha value is -3.89. The SMILES string of the molecule is COc1cc(OC)c(/C=C(/C(=O)c2ccc([N+](=O)[O-])cc2)S(=O)(=O)Cc2ccc(Cl)cc2)c(OC)c1. The molecule has 9 nitrogen and oxygen atoms in total. The topological polar surface area (TPSA) is 122 Å². The van der Waals surface area contributed by atoms with E-state index in [2.05, 4.69) is 0 Å². The largest absolute Gasteiger partial charge is 0.496 e. The van der Waals surface area contributed by atoms with E-state index in [1.807, 2.05) is 0 Å². The van der Waals surface area contributed by atoms with Gasteiger partial charge < -0.3 is 14.2 Å². The molecule has 0 fully saturated rings. The predicted octanol–water partition coefficient (Wildman–Crippen LogP) is 5.11. The third kappa shape index (κ3) is 6.02. The van der Waals surface area contributed by atoms with Crippen LogP contribution in [0.15, 0.2) is 65.6 Å². The minimum Gasteiger partial charge on any atom is -0.496 e. The van der Waals surface area contributed by atoms with Crippen LogP contribution in [0.1, 0.15) is 21.5 Å². The summed E-state index contributed by atoms with van der Waals surface area (Å²) in [4.78, 5) is 23.3. The van der Waals surface area contributed by atoms with E-state index in [0.717, 1.165) is 12.1 Å². The van der Waals surface area contributed by atoms with Gasteiger partial charge in [0.05, 0.1) is 37.6 Å². The number of ketones is 1. The van der Waals surface area contributed by atoms with Gasteiger partial charge in [0.1, 0.15) is 22.2 Å². The second-order valence-electron chi connectivity index (χ2n) is 7.47. The molecule has 188 valence electrons. The molecule has 0 saturated heterocycles. The lowest BCUT2D eigenvalue weighted by Crippen LogP contribution is -2.16. The number of hydrogen-bond donors (Lipinski definition) is 0. The number of ether oxygens (including phenoxy) is 3. The summed E-state index contributed by atoms with van der Waals surface area (Å²) in [7, 11) is -0.0244. The highest BCUT2D eigenvalue weighted by atomic mass is 35.5. The van der Waals surface area contributed by atoms with Gasteiger partial charge in [0.25, 0.3) is 5.69 Å². The van der Waals surface area contributed by atoms with E-state index in [4.69, 9.17) is 25.8 Å². The molecular formula is C25H22ClNO8S. The van der Waals surface area contributed by atoms with Crippen molar-refractivity contribution in [2.75, 3.05) is 21.3 Å². The first-order valence-electron chi connectivity index (χ1n) is 10.4. The number of carbonyl (C=O) groups is 1. The monoisotopic (exact) mass is 531 g/mol. The number of nitro benzene ring substituents is 1. The summed E-state index contributed by atoms with van der Waals surface area (Å²) < 4.78 is 43.2. The number of allylic oxidation sites excluding steroid dienone is 1. The molecule has 0 spiro atoms. The van der Waals surface area contributed by atoms with Crippen LogP contribution in [0.25, 0.3) is 6.08 Å². The number of Topliss-reactive ketones (excluding diaryl/α,β-unsaturated/α-hetero) is 1. The number of sulfone groups is 1. The van der Waals surface area contributed by atoms with Crippen molar-refractivity contribution in [3.63, 3.8) is 0 Å². The molecule has 0 atom stereocenters. The molecule has 0 aliphatic rings. The van der Waals surface area contributed by atoms with Gasteiger partial charge in [-0.15, -0.1) is 0 Å². The molecule has 11 heteroatoms. The Kier molecular flexibility index (Phi) is 8.33. The first-order chi connectivity index (χ1) is 17.1. The summed E-state index contributed by atoms with van der Waals surface area (Å²) in [5.74, 6) is -0.522. The molecule has 0 unspecified atom stereocenters. The third-order valence-corrected chi connectivity index (χ3v) is 7.14. The average Bonchev–Trinajstić information content (AvgIpc) is 2.87. The lowest BCUT2D eigenvalue weighted by molar-refractivity contribution is -0.384. The van der Waals surface area contributed by atoms with E-state index in [-0.39, 0.29) is 28.3 Å². The highest BCUT2D eigenvalue weighted by Crippen LogP contribution is 2.37. The Labute approximate surface area is 212 Å². The van der Waals surface area contributed by atoms with Gasteiger partial charge in [-0.25, -0.2) is 8.42 Å². The molecule has 3 aromatic rings. The van der Waals surface area contributed by atoms with E-state index < -0.39 is 31.2 Å². The smallest absolute Gasteiger partial charge is 0.269 e. The minimum atomic E-state index is -4.23. The van der Waals surface area contributed by atoms with Gasteiger partial charge in [0, 0.05) is 34.9 Å². The fourth-order valence-corrected chi connectivity index (χ4v) is 4.97. The maximum atomic E-state index is 13.6. The van der Waals surface area contributed by atoms with Gasteiger partial charge >= 0.3 is 0 Å². The van der Waals surface area contributed by atoms with E-state index in [1.54, 1.807) is 24.3 Å². The molecule has 0 radical (unpaired) electrons. The average molecular weight is 532 g/mol. The summed E-state index contributed by atoms with van der Waals surface area (Å²) in [6.45, 7) is 0. The van der Waals surface area contributed by atoms with Crippen molar-refractivity contribution in [3.05, 3.63) is 97.4 Å². The summed E-state index contributed by atoms with van der Waals surface area (Å²) in [6, 6.07) is 13.9. The Morgan fingerprint density at radius 3 is 1.97 bits per heavy atom. The Morgan fingerprint density at radius 2 is 1.50 bits per heavy atom. The molecule has 3 rings (SSSR count). The van der Waals surface area contributed by atoms with Crippen LogP contribution >= 0.6 is 11.6 Å². The molecule has 0 amide bonds. The number of rotatable bonds is 10. The van der Waals surface area contributed by atoms with Crippen molar-refractivity contribution >= 4 is 39.0 Å². The quantitative estimate of drug-likeness (QED) is 0.153. The Morgan fingerprint density at radius 1 is 0.944 bits per heavy atom. The molecule has 0 aromatic heterocycles. The van der Waals surface area contributed by atoms with Gasteiger partial charge in [-0.3, -0.25) is 14.9 Å². The third-order valence-electron chi connectivity index (χ3n) is 5.20. The van der Waals surface area contributed by atoms with Crippen LogP contribution in [0.4, 0.5) is 5.69 Å². The molecule has 0 aliphatic carbocycles. The second kappa shape index (κ2) is 11.2. The normalized spacial score (nSPS) is 11.6. The fraction of sp³-hybridized carbons (Fsp3) is 0.160. The molecule has 0 saturated carbocycles. The number of hydrogen-bond acceptors (Lipinski definition) is 8. The van der Waals surface area contributed by atoms with Crippen LogP contribution < -0.4 is 14.2 Å². The number of non-ortho nitro benzene ring substituents is 1. The van der Waals surface area contributed by atoms with Gasteiger partial charge in [0.2, 0.25) is 5.78 Å². The van der Waals surface area contributed by atoms with Crippen molar-refractivity contribution in [1.29, 1.82) is 0 Å². The second-order valence-corrected chi connectivity index (χ2v) is 9.87. The first kappa shape index (κ1) is 26.7. The number of halogens is 1. The number of nitro groups is 1. The minimum absolute atomic E-state index is 0.0435. The maximum absolute atomic E-state index is 13.6. The maximum Gasteiger partial charge on any atom is 0.269 e. The number of methoxy groups -OCH3 is 3. The molecular weight excluding hydrogens is 510 g/mol. The standard InChI is InChI=1S/C25H22ClNO8S/c1-33-20-12-22(34-2)21(23(13-20)35-3)14-24(25(28)17-6-10-19(11-7-17)27(29)30)36(31,32)15-16-4-8-18(26)9-5-16/h4-14H,15H2,1-3H3/b24-14-. The molecule has 0 aliphatic heterocycles. The van der Waals surface area contributed by atoms with Crippen molar-refractivity contribution in [2.45, 2.75) is 5.75 Å². The zero-order valence-electron chi connectivity index (χ0n) is 19.6. The van der Waals surface area contributed by atoms with Crippen LogP contribution in [-0.2, 0) is 15.6 Å².